The zero-order valence-electron chi connectivity index (χ0n) is 18.4. The topological polar surface area (TPSA) is 98.7 Å². The molecule has 1 aliphatic rings. The van der Waals surface area contributed by atoms with Crippen LogP contribution in [0, 0.1) is 0 Å². The highest BCUT2D eigenvalue weighted by Crippen LogP contribution is 2.28. The van der Waals surface area contributed by atoms with Crippen LogP contribution in [0.1, 0.15) is 50.8 Å². The molecule has 0 radical (unpaired) electrons. The molecule has 8 nitrogen and oxygen atoms in total. The van der Waals surface area contributed by atoms with Gasteiger partial charge in [0.25, 0.3) is 0 Å². The fraction of sp³-hybridized carbons (Fsp3) is 0.500. The number of aromatic nitrogens is 2. The molecule has 1 saturated heterocycles. The van der Waals surface area contributed by atoms with Gasteiger partial charge in [0, 0.05) is 31.3 Å². The van der Waals surface area contributed by atoms with Crippen molar-refractivity contribution in [2.75, 3.05) is 19.3 Å². The summed E-state index contributed by atoms with van der Waals surface area (Å²) in [4.78, 5) is 22.8. The number of amides is 1. The second kappa shape index (κ2) is 9.21. The molecule has 0 saturated carbocycles. The molecule has 1 aliphatic heterocycles. The predicted molar refractivity (Wildman–Crippen MR) is 116 cm³/mol. The molecule has 0 N–H and O–H groups in total. The van der Waals surface area contributed by atoms with Crippen molar-refractivity contribution in [3.05, 3.63) is 47.9 Å². The summed E-state index contributed by atoms with van der Waals surface area (Å²) in [6.07, 6.45) is 3.97. The number of benzene rings is 1. The lowest BCUT2D eigenvalue weighted by atomic mass is 9.93. The van der Waals surface area contributed by atoms with Crippen molar-refractivity contribution in [1.29, 1.82) is 0 Å². The van der Waals surface area contributed by atoms with Gasteiger partial charge in [-0.1, -0.05) is 12.1 Å². The van der Waals surface area contributed by atoms with Gasteiger partial charge in [-0.15, -0.1) is 0 Å². The Balaban J connectivity index is 1.55. The summed E-state index contributed by atoms with van der Waals surface area (Å²) in [5, 5.41) is 0. The lowest BCUT2D eigenvalue weighted by molar-refractivity contribution is 0.0204. The summed E-state index contributed by atoms with van der Waals surface area (Å²) in [5.74, 6) is 0.685. The van der Waals surface area contributed by atoms with E-state index in [1.54, 1.807) is 29.2 Å². The Hall–Kier alpha value is -2.68. The molecule has 2 aromatic rings. The number of carbonyl (C=O) groups excluding carboxylic acids is 1. The normalized spacial score (nSPS) is 15.5. The minimum Gasteiger partial charge on any atom is -0.473 e. The Labute approximate surface area is 183 Å². The minimum absolute atomic E-state index is 0.220. The van der Waals surface area contributed by atoms with Gasteiger partial charge in [0.1, 0.15) is 18.5 Å². The van der Waals surface area contributed by atoms with Gasteiger partial charge in [-0.05, 0) is 51.3 Å². The molecular formula is C22H29N3O5S. The second-order valence-corrected chi connectivity index (χ2v) is 10.7. The van der Waals surface area contributed by atoms with Crippen molar-refractivity contribution < 1.29 is 22.7 Å². The first-order valence-electron chi connectivity index (χ1n) is 10.2. The lowest BCUT2D eigenvalue weighted by Gasteiger charge is -2.33. The fourth-order valence-corrected chi connectivity index (χ4v) is 3.96. The van der Waals surface area contributed by atoms with Crippen LogP contribution >= 0.6 is 0 Å². The van der Waals surface area contributed by atoms with E-state index in [0.29, 0.717) is 19.0 Å². The maximum atomic E-state index is 12.2. The molecule has 0 atom stereocenters. The zero-order valence-corrected chi connectivity index (χ0v) is 19.2. The van der Waals surface area contributed by atoms with Gasteiger partial charge in [-0.2, -0.15) is 0 Å². The average Bonchev–Trinajstić information content (AvgIpc) is 2.71. The molecule has 31 heavy (non-hydrogen) atoms. The molecule has 3 rings (SSSR count). The molecule has 0 spiro atoms. The molecule has 9 heteroatoms. The van der Waals surface area contributed by atoms with Crippen LogP contribution < -0.4 is 4.74 Å². The quantitative estimate of drug-likeness (QED) is 0.691. The Morgan fingerprint density at radius 2 is 1.77 bits per heavy atom. The van der Waals surface area contributed by atoms with Gasteiger partial charge in [0.15, 0.2) is 9.84 Å². The Morgan fingerprint density at radius 1 is 1.13 bits per heavy atom. The third-order valence-corrected chi connectivity index (χ3v) is 6.09. The third kappa shape index (κ3) is 6.65. The van der Waals surface area contributed by atoms with Crippen LogP contribution in [0.3, 0.4) is 0 Å². The molecular weight excluding hydrogens is 418 g/mol. The number of hydrogen-bond acceptors (Lipinski definition) is 7. The largest absolute Gasteiger partial charge is 0.473 e. The van der Waals surface area contributed by atoms with Crippen LogP contribution in [0.15, 0.2) is 41.6 Å². The maximum Gasteiger partial charge on any atom is 0.410 e. The first kappa shape index (κ1) is 23.0. The first-order valence-corrected chi connectivity index (χ1v) is 12.1. The van der Waals surface area contributed by atoms with Crippen molar-refractivity contribution in [2.45, 2.75) is 56.6 Å². The van der Waals surface area contributed by atoms with Crippen LogP contribution in [0.2, 0.25) is 0 Å². The number of piperidine rings is 1. The van der Waals surface area contributed by atoms with Crippen LogP contribution in [-0.2, 0) is 21.2 Å². The van der Waals surface area contributed by atoms with E-state index in [-0.39, 0.29) is 23.5 Å². The predicted octanol–water partition coefficient (Wildman–Crippen LogP) is 3.57. The van der Waals surface area contributed by atoms with Crippen molar-refractivity contribution in [3.63, 3.8) is 0 Å². The third-order valence-electron chi connectivity index (χ3n) is 4.97. The van der Waals surface area contributed by atoms with E-state index >= 15 is 0 Å². The zero-order chi connectivity index (χ0) is 22.6. The van der Waals surface area contributed by atoms with Gasteiger partial charge < -0.3 is 14.4 Å². The first-order chi connectivity index (χ1) is 14.5. The van der Waals surface area contributed by atoms with Gasteiger partial charge in [0.2, 0.25) is 5.88 Å². The highest BCUT2D eigenvalue weighted by atomic mass is 32.2. The number of carbonyl (C=O) groups is 1. The van der Waals surface area contributed by atoms with E-state index in [1.807, 2.05) is 26.8 Å². The molecule has 1 aromatic heterocycles. The smallest absolute Gasteiger partial charge is 0.410 e. The molecule has 2 heterocycles. The van der Waals surface area contributed by atoms with Crippen LogP contribution in [0.4, 0.5) is 4.79 Å². The highest BCUT2D eigenvalue weighted by Gasteiger charge is 2.28. The number of sulfone groups is 1. The second-order valence-electron chi connectivity index (χ2n) is 8.73. The van der Waals surface area contributed by atoms with E-state index in [2.05, 4.69) is 9.97 Å². The van der Waals surface area contributed by atoms with Crippen LogP contribution in [0.5, 0.6) is 5.88 Å². The standard InChI is InChI=1S/C22H29N3O5S/c1-22(2,3)30-21(26)25-11-9-17(10-12-25)19-13-20(24-15-23-19)29-14-16-5-7-18(8-6-16)31(4,27)28/h5-8,13,15,17H,9-12,14H2,1-4H3. The Kier molecular flexibility index (Phi) is 6.83. The van der Waals surface area contributed by atoms with E-state index in [1.165, 1.54) is 12.6 Å². The van der Waals surface area contributed by atoms with Crippen LogP contribution in [0.25, 0.3) is 0 Å². The van der Waals surface area contributed by atoms with Gasteiger partial charge in [-0.25, -0.2) is 23.2 Å². The lowest BCUT2D eigenvalue weighted by Crippen LogP contribution is -2.41. The Morgan fingerprint density at radius 3 is 2.35 bits per heavy atom. The summed E-state index contributed by atoms with van der Waals surface area (Å²) < 4.78 is 34.3. The van der Waals surface area contributed by atoms with Crippen LogP contribution in [-0.4, -0.2) is 54.3 Å². The SMILES string of the molecule is CC(C)(C)OC(=O)N1CCC(c2cc(OCc3ccc(S(C)(=O)=O)cc3)ncn2)CC1. The Bertz CT molecular complexity index is 1010. The molecule has 0 unspecified atom stereocenters. The van der Waals surface area contributed by atoms with E-state index in [9.17, 15) is 13.2 Å². The number of ether oxygens (including phenoxy) is 2. The van der Waals surface area contributed by atoms with Crippen molar-refractivity contribution in [3.8, 4) is 5.88 Å². The number of hydrogen-bond donors (Lipinski definition) is 0. The van der Waals surface area contributed by atoms with Crippen molar-refractivity contribution in [1.82, 2.24) is 14.9 Å². The number of likely N-dealkylation sites (tertiary alicyclic amines) is 1. The summed E-state index contributed by atoms with van der Waals surface area (Å²) in [6, 6.07) is 8.42. The van der Waals surface area contributed by atoms with Gasteiger partial charge in [0.05, 0.1) is 10.6 Å². The van der Waals surface area contributed by atoms with E-state index in [0.717, 1.165) is 24.1 Å². The van der Waals surface area contributed by atoms with Crippen molar-refractivity contribution >= 4 is 15.9 Å². The maximum absolute atomic E-state index is 12.2. The summed E-state index contributed by atoms with van der Waals surface area (Å²) in [6.45, 7) is 7.09. The summed E-state index contributed by atoms with van der Waals surface area (Å²) >= 11 is 0. The summed E-state index contributed by atoms with van der Waals surface area (Å²) in [5.41, 5.74) is 1.23. The summed E-state index contributed by atoms with van der Waals surface area (Å²) in [7, 11) is -3.22. The number of nitrogens with zero attached hydrogens (tertiary/aromatic N) is 3. The molecule has 1 amide bonds. The minimum atomic E-state index is -3.22. The van der Waals surface area contributed by atoms with E-state index in [4.69, 9.17) is 9.47 Å². The monoisotopic (exact) mass is 447 g/mol. The molecule has 1 fully saturated rings. The molecule has 0 bridgehead atoms. The van der Waals surface area contributed by atoms with Crippen molar-refractivity contribution in [2.24, 2.45) is 0 Å². The van der Waals surface area contributed by atoms with Gasteiger partial charge >= 0.3 is 6.09 Å². The molecule has 0 aliphatic carbocycles. The molecule has 1 aromatic carbocycles. The highest BCUT2D eigenvalue weighted by molar-refractivity contribution is 7.90. The average molecular weight is 448 g/mol. The fourth-order valence-electron chi connectivity index (χ4n) is 3.33. The van der Waals surface area contributed by atoms with Gasteiger partial charge in [-0.3, -0.25) is 0 Å². The number of rotatable bonds is 5. The molecule has 168 valence electrons. The van der Waals surface area contributed by atoms with E-state index < -0.39 is 15.4 Å².